The summed E-state index contributed by atoms with van der Waals surface area (Å²) in [5.41, 5.74) is 3.55. The van der Waals surface area contributed by atoms with Gasteiger partial charge >= 0.3 is 6.03 Å². The summed E-state index contributed by atoms with van der Waals surface area (Å²) in [5, 5.41) is 5.11. The first-order valence-corrected chi connectivity index (χ1v) is 8.74. The minimum Gasteiger partial charge on any atom is -0.338 e. The van der Waals surface area contributed by atoms with E-state index < -0.39 is 12.1 Å². The van der Waals surface area contributed by atoms with Gasteiger partial charge in [-0.05, 0) is 12.5 Å². The second-order valence-electron chi connectivity index (χ2n) is 6.30. The van der Waals surface area contributed by atoms with Crippen molar-refractivity contribution < 1.29 is 14.5 Å². The molecule has 0 aromatic heterocycles. The van der Waals surface area contributed by atoms with Gasteiger partial charge in [-0.1, -0.05) is 54.6 Å². The van der Waals surface area contributed by atoms with Crippen molar-refractivity contribution in [3.8, 4) is 0 Å². The van der Waals surface area contributed by atoms with E-state index in [1.807, 2.05) is 43.3 Å². The summed E-state index contributed by atoms with van der Waals surface area (Å²) in [5.74, 6) is -0.258. The lowest BCUT2D eigenvalue weighted by Crippen LogP contribution is -3.13. The van der Waals surface area contributed by atoms with Gasteiger partial charge in [0.2, 0.25) is 0 Å². The summed E-state index contributed by atoms with van der Waals surface area (Å²) >= 11 is 0. The second-order valence-corrected chi connectivity index (χ2v) is 6.30. The zero-order chi connectivity index (χ0) is 17.6. The van der Waals surface area contributed by atoms with Gasteiger partial charge in [0.25, 0.3) is 5.91 Å². The molecule has 0 spiro atoms. The van der Waals surface area contributed by atoms with Crippen LogP contribution in [0.4, 0.5) is 4.79 Å². The molecule has 1 aliphatic heterocycles. The topological polar surface area (TPSA) is 62.6 Å². The van der Waals surface area contributed by atoms with Crippen LogP contribution in [0.1, 0.15) is 29.7 Å². The van der Waals surface area contributed by atoms with Gasteiger partial charge in [-0.15, -0.1) is 0 Å². The van der Waals surface area contributed by atoms with Gasteiger partial charge in [-0.3, -0.25) is 10.1 Å². The normalized spacial score (nSPS) is 17.2. The van der Waals surface area contributed by atoms with Crippen LogP contribution >= 0.6 is 0 Å². The fraction of sp³-hybridized carbons (Fsp3) is 0.300. The summed E-state index contributed by atoms with van der Waals surface area (Å²) in [7, 11) is 0. The summed E-state index contributed by atoms with van der Waals surface area (Å²) in [6, 6.07) is 17.2. The van der Waals surface area contributed by atoms with Crippen molar-refractivity contribution in [2.24, 2.45) is 0 Å². The van der Waals surface area contributed by atoms with Crippen LogP contribution in [0.25, 0.3) is 0 Å². The molecule has 3 rings (SSSR count). The molecule has 3 N–H and O–H groups in total. The highest BCUT2D eigenvalue weighted by molar-refractivity contribution is 5.96. The molecular weight excluding hydrogens is 314 g/mol. The molecule has 3 amide bonds. The van der Waals surface area contributed by atoms with E-state index >= 15 is 0 Å². The predicted octanol–water partition coefficient (Wildman–Crippen LogP) is 1.21. The number of rotatable bonds is 4. The molecule has 0 saturated heterocycles. The van der Waals surface area contributed by atoms with Crippen LogP contribution in [0.15, 0.2) is 54.6 Å². The highest BCUT2D eigenvalue weighted by Crippen LogP contribution is 2.15. The SMILES string of the molecule is CCNC(=O)NC(=O)[C@H](c1ccccc1)[NH+]1CCc2ccccc2C1. The molecule has 0 fully saturated rings. The molecule has 0 bridgehead atoms. The fourth-order valence-electron chi connectivity index (χ4n) is 3.46. The molecule has 0 saturated carbocycles. The number of nitrogens with one attached hydrogen (secondary N) is 3. The van der Waals surface area contributed by atoms with Gasteiger partial charge in [-0.25, -0.2) is 4.79 Å². The Labute approximate surface area is 148 Å². The van der Waals surface area contributed by atoms with E-state index in [0.29, 0.717) is 6.54 Å². The van der Waals surface area contributed by atoms with Crippen LogP contribution in [-0.4, -0.2) is 25.0 Å². The molecular formula is C20H24N3O2+. The number of carbonyl (C=O) groups is 2. The summed E-state index contributed by atoms with van der Waals surface area (Å²) in [4.78, 5) is 25.8. The Kier molecular flexibility index (Phi) is 5.46. The van der Waals surface area contributed by atoms with E-state index in [1.54, 1.807) is 0 Å². The molecule has 130 valence electrons. The number of imide groups is 1. The van der Waals surface area contributed by atoms with Crippen LogP contribution in [0.2, 0.25) is 0 Å². The molecule has 0 aliphatic carbocycles. The van der Waals surface area contributed by atoms with Crippen molar-refractivity contribution in [2.75, 3.05) is 13.1 Å². The van der Waals surface area contributed by atoms with Gasteiger partial charge in [0.1, 0.15) is 6.54 Å². The van der Waals surface area contributed by atoms with Gasteiger partial charge in [-0.2, -0.15) is 0 Å². The lowest BCUT2D eigenvalue weighted by atomic mass is 9.96. The lowest BCUT2D eigenvalue weighted by Gasteiger charge is -2.32. The maximum Gasteiger partial charge on any atom is 0.321 e. The average molecular weight is 338 g/mol. The Balaban J connectivity index is 1.85. The van der Waals surface area contributed by atoms with Gasteiger partial charge in [0.05, 0.1) is 6.54 Å². The van der Waals surface area contributed by atoms with Gasteiger partial charge < -0.3 is 10.2 Å². The number of benzene rings is 2. The third-order valence-electron chi connectivity index (χ3n) is 4.63. The molecule has 2 aromatic carbocycles. The summed E-state index contributed by atoms with van der Waals surface area (Å²) in [6.45, 7) is 3.95. The number of carbonyl (C=O) groups excluding carboxylic acids is 2. The van der Waals surface area contributed by atoms with Crippen LogP contribution in [0.3, 0.4) is 0 Å². The number of quaternary nitrogens is 1. The fourth-order valence-corrected chi connectivity index (χ4v) is 3.46. The summed E-state index contributed by atoms with van der Waals surface area (Å²) in [6.07, 6.45) is 0.934. The van der Waals surface area contributed by atoms with Crippen molar-refractivity contribution in [1.29, 1.82) is 0 Å². The zero-order valence-corrected chi connectivity index (χ0v) is 14.4. The molecule has 1 unspecified atom stereocenters. The predicted molar refractivity (Wildman–Crippen MR) is 96.1 cm³/mol. The minimum atomic E-state index is -0.440. The molecule has 0 radical (unpaired) electrons. The number of amides is 3. The van der Waals surface area contributed by atoms with Crippen LogP contribution in [0, 0.1) is 0 Å². The van der Waals surface area contributed by atoms with E-state index in [9.17, 15) is 9.59 Å². The number of hydrogen-bond donors (Lipinski definition) is 3. The first-order chi connectivity index (χ1) is 12.2. The Morgan fingerprint density at radius 1 is 1.04 bits per heavy atom. The highest BCUT2D eigenvalue weighted by Gasteiger charge is 2.34. The van der Waals surface area contributed by atoms with Gasteiger partial charge in [0, 0.05) is 24.1 Å². The van der Waals surface area contributed by atoms with Crippen molar-refractivity contribution in [2.45, 2.75) is 25.9 Å². The smallest absolute Gasteiger partial charge is 0.321 e. The second kappa shape index (κ2) is 7.94. The number of urea groups is 1. The largest absolute Gasteiger partial charge is 0.338 e. The van der Waals surface area contributed by atoms with Crippen LogP contribution < -0.4 is 15.5 Å². The molecule has 5 nitrogen and oxygen atoms in total. The van der Waals surface area contributed by atoms with Gasteiger partial charge in [0.15, 0.2) is 6.04 Å². The average Bonchev–Trinajstić information content (AvgIpc) is 2.63. The Hall–Kier alpha value is -2.66. The number of fused-ring (bicyclic) bond motifs is 1. The third kappa shape index (κ3) is 4.06. The third-order valence-corrected chi connectivity index (χ3v) is 4.63. The lowest BCUT2D eigenvalue weighted by molar-refractivity contribution is -0.937. The molecule has 2 atom stereocenters. The Bertz CT molecular complexity index is 746. The Morgan fingerprint density at radius 3 is 2.44 bits per heavy atom. The maximum absolute atomic E-state index is 12.8. The molecule has 25 heavy (non-hydrogen) atoms. The standard InChI is InChI=1S/C20H23N3O2/c1-2-21-20(25)22-19(24)18(16-9-4-3-5-10-16)23-13-12-15-8-6-7-11-17(15)14-23/h3-11,18H,2,12-14H2,1H3,(H2,21,22,24,25)/p+1/t18-/m0/s1. The van der Waals surface area contributed by atoms with Crippen molar-refractivity contribution in [3.05, 3.63) is 71.3 Å². The highest BCUT2D eigenvalue weighted by atomic mass is 16.2. The first-order valence-electron chi connectivity index (χ1n) is 8.74. The maximum atomic E-state index is 12.8. The molecule has 1 aliphatic rings. The zero-order valence-electron chi connectivity index (χ0n) is 14.4. The number of hydrogen-bond acceptors (Lipinski definition) is 2. The van der Waals surface area contributed by atoms with Crippen LogP contribution in [0.5, 0.6) is 0 Å². The minimum absolute atomic E-state index is 0.258. The molecule has 1 heterocycles. The van der Waals surface area contributed by atoms with E-state index in [-0.39, 0.29) is 5.91 Å². The van der Waals surface area contributed by atoms with E-state index in [0.717, 1.165) is 30.0 Å². The summed E-state index contributed by atoms with van der Waals surface area (Å²) < 4.78 is 0. The quantitative estimate of drug-likeness (QED) is 0.785. The van der Waals surface area contributed by atoms with E-state index in [2.05, 4.69) is 28.8 Å². The monoisotopic (exact) mass is 338 g/mol. The van der Waals surface area contributed by atoms with E-state index in [1.165, 1.54) is 11.1 Å². The first kappa shape index (κ1) is 17.2. The van der Waals surface area contributed by atoms with Crippen molar-refractivity contribution in [1.82, 2.24) is 10.6 Å². The molecule has 2 aromatic rings. The van der Waals surface area contributed by atoms with Crippen LogP contribution in [-0.2, 0) is 17.8 Å². The molecule has 5 heteroatoms. The van der Waals surface area contributed by atoms with Crippen molar-refractivity contribution in [3.63, 3.8) is 0 Å². The van der Waals surface area contributed by atoms with E-state index in [4.69, 9.17) is 0 Å². The van der Waals surface area contributed by atoms with Crippen molar-refractivity contribution >= 4 is 11.9 Å². The Morgan fingerprint density at radius 2 is 1.72 bits per heavy atom.